The van der Waals surface area contributed by atoms with Crippen molar-refractivity contribution in [2.24, 2.45) is 0 Å². The van der Waals surface area contributed by atoms with Gasteiger partial charge in [0.2, 0.25) is 11.8 Å². The van der Waals surface area contributed by atoms with Gasteiger partial charge in [-0.05, 0) is 59.9 Å². The molecule has 3 N–H and O–H groups in total. The Hall–Kier alpha value is -3.92. The first-order valence-corrected chi connectivity index (χ1v) is 11.1. The van der Waals surface area contributed by atoms with E-state index >= 15 is 0 Å². The van der Waals surface area contributed by atoms with Crippen molar-refractivity contribution in [3.63, 3.8) is 0 Å². The lowest BCUT2D eigenvalue weighted by atomic mass is 9.90. The number of nitrogens with one attached hydrogen (secondary N) is 2. The Morgan fingerprint density at radius 3 is 2.53 bits per heavy atom. The molecular formula is C26H26F3N3O4. The highest BCUT2D eigenvalue weighted by Crippen LogP contribution is 2.25. The molecule has 1 unspecified atom stereocenters. The highest BCUT2D eigenvalue weighted by Gasteiger charge is 2.38. The molecule has 10 heteroatoms. The average molecular weight is 502 g/mol. The molecule has 1 aliphatic rings. The van der Waals surface area contributed by atoms with Crippen LogP contribution in [-0.2, 0) is 22.7 Å². The third-order valence-corrected chi connectivity index (χ3v) is 5.62. The molecule has 4 rings (SSSR count). The van der Waals surface area contributed by atoms with Gasteiger partial charge in [0.25, 0.3) is 0 Å². The van der Waals surface area contributed by atoms with Crippen LogP contribution in [0, 0.1) is 13.8 Å². The van der Waals surface area contributed by atoms with Crippen LogP contribution in [0.3, 0.4) is 0 Å². The largest absolute Gasteiger partial charge is 0.490 e. The molecule has 1 atom stereocenters. The van der Waals surface area contributed by atoms with Crippen molar-refractivity contribution in [2.75, 3.05) is 6.54 Å². The highest BCUT2D eigenvalue weighted by molar-refractivity contribution is 5.84. The van der Waals surface area contributed by atoms with E-state index in [4.69, 9.17) is 14.6 Å². The van der Waals surface area contributed by atoms with E-state index in [-0.39, 0.29) is 11.8 Å². The van der Waals surface area contributed by atoms with E-state index in [2.05, 4.69) is 35.5 Å². The minimum Gasteiger partial charge on any atom is -0.475 e. The molecule has 0 saturated carbocycles. The molecule has 1 aliphatic heterocycles. The van der Waals surface area contributed by atoms with E-state index in [1.54, 1.807) is 6.20 Å². The lowest BCUT2D eigenvalue weighted by Crippen LogP contribution is -2.38. The number of pyridine rings is 1. The molecule has 1 aromatic heterocycles. The van der Waals surface area contributed by atoms with Crippen LogP contribution in [0.1, 0.15) is 33.7 Å². The maximum Gasteiger partial charge on any atom is 0.490 e. The minimum atomic E-state index is -5.08. The van der Waals surface area contributed by atoms with Crippen molar-refractivity contribution in [1.29, 1.82) is 0 Å². The molecule has 0 aliphatic carbocycles. The summed E-state index contributed by atoms with van der Waals surface area (Å²) in [6.07, 6.45) is -3.38. The van der Waals surface area contributed by atoms with E-state index < -0.39 is 12.1 Å². The van der Waals surface area contributed by atoms with Gasteiger partial charge in [-0.15, -0.1) is 0 Å². The summed E-state index contributed by atoms with van der Waals surface area (Å²) in [5.41, 5.74) is 5.64. The Bertz CT molecular complexity index is 1230. The van der Waals surface area contributed by atoms with E-state index in [0.717, 1.165) is 23.4 Å². The lowest BCUT2D eigenvalue weighted by Gasteiger charge is -2.25. The number of aliphatic carboxylic acids is 1. The summed E-state index contributed by atoms with van der Waals surface area (Å²) < 4.78 is 37.6. The fourth-order valence-electron chi connectivity index (χ4n) is 3.56. The number of carboxylic acids is 1. The number of halogens is 3. The number of ether oxygens (including phenoxy) is 1. The van der Waals surface area contributed by atoms with Crippen molar-refractivity contribution < 1.29 is 32.6 Å². The third-order valence-electron chi connectivity index (χ3n) is 5.62. The molecule has 2 heterocycles. The van der Waals surface area contributed by atoms with Crippen molar-refractivity contribution in [3.05, 3.63) is 88.6 Å². The van der Waals surface area contributed by atoms with Gasteiger partial charge in [0, 0.05) is 31.9 Å². The average Bonchev–Trinajstić information content (AvgIpc) is 2.84. The van der Waals surface area contributed by atoms with E-state index in [0.29, 0.717) is 19.0 Å². The van der Waals surface area contributed by atoms with Gasteiger partial charge in [0.15, 0.2) is 0 Å². The van der Waals surface area contributed by atoms with Gasteiger partial charge in [-0.3, -0.25) is 4.79 Å². The van der Waals surface area contributed by atoms with Crippen LogP contribution in [-0.4, -0.2) is 34.7 Å². The molecule has 1 amide bonds. The molecule has 36 heavy (non-hydrogen) atoms. The molecule has 0 fully saturated rings. The summed E-state index contributed by atoms with van der Waals surface area (Å²) in [7, 11) is 0. The first-order chi connectivity index (χ1) is 17.0. The number of aryl methyl sites for hydroxylation is 2. The van der Waals surface area contributed by atoms with Crippen LogP contribution in [0.15, 0.2) is 60.8 Å². The molecule has 0 bridgehead atoms. The predicted molar refractivity (Wildman–Crippen MR) is 127 cm³/mol. The van der Waals surface area contributed by atoms with Crippen LogP contribution >= 0.6 is 0 Å². The number of carboxylic acid groups (broad SMARTS) is 1. The zero-order chi connectivity index (χ0) is 26.3. The maximum atomic E-state index is 12.8. The molecule has 0 radical (unpaired) electrons. The van der Waals surface area contributed by atoms with Gasteiger partial charge < -0.3 is 20.5 Å². The van der Waals surface area contributed by atoms with Gasteiger partial charge in [-0.1, -0.05) is 30.3 Å². The van der Waals surface area contributed by atoms with Crippen molar-refractivity contribution in [2.45, 2.75) is 39.0 Å². The molecule has 7 nitrogen and oxygen atoms in total. The Kier molecular flexibility index (Phi) is 8.65. The minimum absolute atomic E-state index is 0.0260. The van der Waals surface area contributed by atoms with Crippen molar-refractivity contribution in [1.82, 2.24) is 15.6 Å². The second kappa shape index (κ2) is 11.7. The number of carbonyl (C=O) groups is 2. The Morgan fingerprint density at radius 2 is 1.83 bits per heavy atom. The quantitative estimate of drug-likeness (QED) is 0.472. The van der Waals surface area contributed by atoms with E-state index in [9.17, 15) is 18.0 Å². The van der Waals surface area contributed by atoms with Gasteiger partial charge in [0.1, 0.15) is 5.75 Å². The summed E-state index contributed by atoms with van der Waals surface area (Å²) in [5, 5.41) is 13.5. The summed E-state index contributed by atoms with van der Waals surface area (Å²) in [6, 6.07) is 17.8. The number of aromatic nitrogens is 1. The number of fused-ring (bicyclic) bond motifs is 1. The van der Waals surface area contributed by atoms with Crippen LogP contribution in [0.2, 0.25) is 0 Å². The van der Waals surface area contributed by atoms with Crippen LogP contribution < -0.4 is 15.4 Å². The number of hydrogen-bond acceptors (Lipinski definition) is 5. The van der Waals surface area contributed by atoms with Gasteiger partial charge >= 0.3 is 12.1 Å². The fraction of sp³-hybridized carbons (Fsp3) is 0.269. The van der Waals surface area contributed by atoms with Crippen molar-refractivity contribution >= 4 is 11.9 Å². The molecule has 190 valence electrons. The number of alkyl halides is 3. The van der Waals surface area contributed by atoms with E-state index in [1.807, 2.05) is 48.5 Å². The van der Waals surface area contributed by atoms with Crippen LogP contribution in [0.25, 0.3) is 0 Å². The Morgan fingerprint density at radius 1 is 1.11 bits per heavy atom. The second-order valence-electron chi connectivity index (χ2n) is 8.25. The highest BCUT2D eigenvalue weighted by atomic mass is 19.4. The second-order valence-corrected chi connectivity index (χ2v) is 8.25. The Labute approximate surface area is 206 Å². The summed E-state index contributed by atoms with van der Waals surface area (Å²) >= 11 is 0. The standard InChI is InChI=1S/C24H25N3O2.C2HF3O2/c1-16-7-8-20(11-17(16)2)29-23-12-18(9-10-26-23)13-27-24(28)22-15-25-14-19-5-3-4-6-21(19)22;3-2(4,5)1(6)7/h3-12,22,25H,13-15H2,1-2H3,(H,27,28);(H,6,7). The Balaban J connectivity index is 0.000000454. The number of carbonyl (C=O) groups excluding carboxylic acids is 1. The molecule has 2 aromatic carbocycles. The molecule has 0 saturated heterocycles. The number of nitrogens with zero attached hydrogens (tertiary/aromatic N) is 1. The SMILES string of the molecule is Cc1ccc(Oc2cc(CNC(=O)C3CNCc4ccccc43)ccn2)cc1C.O=C(O)C(F)(F)F. The van der Waals surface area contributed by atoms with Gasteiger partial charge in [-0.25, -0.2) is 9.78 Å². The van der Waals surface area contributed by atoms with Crippen LogP contribution in [0.4, 0.5) is 13.2 Å². The summed E-state index contributed by atoms with van der Waals surface area (Å²) in [4.78, 5) is 26.0. The number of rotatable bonds is 5. The van der Waals surface area contributed by atoms with Gasteiger partial charge in [0.05, 0.1) is 5.92 Å². The first kappa shape index (κ1) is 26.7. The first-order valence-electron chi connectivity index (χ1n) is 11.1. The number of amides is 1. The topological polar surface area (TPSA) is 101 Å². The number of hydrogen-bond donors (Lipinski definition) is 3. The molecule has 3 aromatic rings. The van der Waals surface area contributed by atoms with Crippen LogP contribution in [0.5, 0.6) is 11.6 Å². The molecule has 0 spiro atoms. The lowest BCUT2D eigenvalue weighted by molar-refractivity contribution is -0.192. The maximum absolute atomic E-state index is 12.8. The zero-order valence-corrected chi connectivity index (χ0v) is 19.7. The molecular weight excluding hydrogens is 475 g/mol. The fourth-order valence-corrected chi connectivity index (χ4v) is 3.56. The van der Waals surface area contributed by atoms with Crippen molar-refractivity contribution in [3.8, 4) is 11.6 Å². The summed E-state index contributed by atoms with van der Waals surface area (Å²) in [5.74, 6) is -1.63. The smallest absolute Gasteiger partial charge is 0.475 e. The monoisotopic (exact) mass is 501 g/mol. The zero-order valence-electron chi connectivity index (χ0n) is 19.7. The normalized spacial score (nSPS) is 14.6. The van der Waals surface area contributed by atoms with E-state index in [1.165, 1.54) is 16.7 Å². The van der Waals surface area contributed by atoms with Gasteiger partial charge in [-0.2, -0.15) is 13.2 Å². The number of benzene rings is 2. The predicted octanol–water partition coefficient (Wildman–Crippen LogP) is 4.63. The third kappa shape index (κ3) is 7.29. The summed E-state index contributed by atoms with van der Waals surface area (Å²) in [6.45, 7) is 6.02.